The van der Waals surface area contributed by atoms with Crippen molar-refractivity contribution in [3.63, 3.8) is 0 Å². The van der Waals surface area contributed by atoms with E-state index in [9.17, 15) is 4.79 Å². The third-order valence-electron chi connectivity index (χ3n) is 7.70. The zero-order chi connectivity index (χ0) is 26.0. The van der Waals surface area contributed by atoms with Gasteiger partial charge in [0.1, 0.15) is 0 Å². The third kappa shape index (κ3) is 5.24. The molecule has 2 aromatic carbocycles. The minimum absolute atomic E-state index is 0.243. The fourth-order valence-electron chi connectivity index (χ4n) is 5.26. The number of carbonyl (C=O) groups is 1. The standard InChI is InChI=1S/C30H41N3O3/c1-19(2)29-24-16-22(21-12-14-33(15-13-21)28(34)18-32(5)20(3)4)8-10-25(24)31-30(29)23-9-11-26(35-6)27(17-23)36-7/h8-11,16-17,19-21,31H,12-15,18H2,1-7H3. The van der Waals surface area contributed by atoms with Crippen LogP contribution in [-0.4, -0.2) is 67.6 Å². The quantitative estimate of drug-likeness (QED) is 0.419. The van der Waals surface area contributed by atoms with E-state index in [1.54, 1.807) is 14.2 Å². The Morgan fingerprint density at radius 1 is 1.03 bits per heavy atom. The van der Waals surface area contributed by atoms with E-state index in [0.717, 1.165) is 54.2 Å². The van der Waals surface area contributed by atoms with Gasteiger partial charge in [0.05, 0.1) is 26.5 Å². The number of likely N-dealkylation sites (N-methyl/N-ethyl adjacent to an activating group) is 1. The van der Waals surface area contributed by atoms with Crippen LogP contribution in [0.4, 0.5) is 0 Å². The van der Waals surface area contributed by atoms with Gasteiger partial charge in [0.15, 0.2) is 11.5 Å². The Morgan fingerprint density at radius 3 is 2.33 bits per heavy atom. The SMILES string of the molecule is COc1ccc(-c2[nH]c3ccc(C4CCN(C(=O)CN(C)C(C)C)CC4)cc3c2C(C)C)cc1OC. The summed E-state index contributed by atoms with van der Waals surface area (Å²) in [6.07, 6.45) is 2.01. The smallest absolute Gasteiger partial charge is 0.236 e. The summed E-state index contributed by atoms with van der Waals surface area (Å²) in [6.45, 7) is 10.9. The number of aromatic amines is 1. The van der Waals surface area contributed by atoms with Crippen LogP contribution < -0.4 is 9.47 Å². The molecule has 0 radical (unpaired) electrons. The zero-order valence-corrected chi connectivity index (χ0v) is 22.9. The predicted octanol–water partition coefficient (Wildman–Crippen LogP) is 6.02. The van der Waals surface area contributed by atoms with Crippen molar-refractivity contribution in [1.29, 1.82) is 0 Å². The molecule has 1 N–H and O–H groups in total. The molecule has 1 aromatic heterocycles. The molecule has 0 unspecified atom stereocenters. The Bertz CT molecular complexity index is 1210. The maximum atomic E-state index is 12.7. The van der Waals surface area contributed by atoms with Gasteiger partial charge in [-0.3, -0.25) is 9.69 Å². The second-order valence-corrected chi connectivity index (χ2v) is 10.6. The number of aromatic nitrogens is 1. The highest BCUT2D eigenvalue weighted by molar-refractivity contribution is 5.92. The van der Waals surface area contributed by atoms with E-state index in [1.807, 2.05) is 24.1 Å². The van der Waals surface area contributed by atoms with Gasteiger partial charge in [-0.15, -0.1) is 0 Å². The number of hydrogen-bond acceptors (Lipinski definition) is 4. The van der Waals surface area contributed by atoms with Gasteiger partial charge in [-0.1, -0.05) is 19.9 Å². The van der Waals surface area contributed by atoms with Crippen LogP contribution in [0, 0.1) is 0 Å². The van der Waals surface area contributed by atoms with Crippen molar-refractivity contribution in [1.82, 2.24) is 14.8 Å². The third-order valence-corrected chi connectivity index (χ3v) is 7.70. The minimum Gasteiger partial charge on any atom is -0.493 e. The monoisotopic (exact) mass is 491 g/mol. The lowest BCUT2D eigenvalue weighted by atomic mass is 9.87. The molecule has 1 saturated heterocycles. The number of amides is 1. The van der Waals surface area contributed by atoms with Crippen molar-refractivity contribution in [2.75, 3.05) is 40.9 Å². The number of H-pyrrole nitrogens is 1. The van der Waals surface area contributed by atoms with Crippen LogP contribution in [0.2, 0.25) is 0 Å². The number of benzene rings is 2. The normalized spacial score (nSPS) is 14.9. The van der Waals surface area contributed by atoms with Crippen LogP contribution in [0.25, 0.3) is 22.2 Å². The number of methoxy groups -OCH3 is 2. The van der Waals surface area contributed by atoms with Gasteiger partial charge in [0.25, 0.3) is 0 Å². The number of hydrogen-bond donors (Lipinski definition) is 1. The lowest BCUT2D eigenvalue weighted by Gasteiger charge is -2.34. The Balaban J connectivity index is 1.58. The molecule has 3 aromatic rings. The van der Waals surface area contributed by atoms with E-state index in [0.29, 0.717) is 24.4 Å². The van der Waals surface area contributed by atoms with Crippen LogP contribution >= 0.6 is 0 Å². The Labute approximate surface area is 215 Å². The summed E-state index contributed by atoms with van der Waals surface area (Å²) in [5.41, 5.74) is 6.06. The van der Waals surface area contributed by atoms with Gasteiger partial charge in [-0.05, 0) is 87.0 Å². The lowest BCUT2D eigenvalue weighted by Crippen LogP contribution is -2.44. The summed E-state index contributed by atoms with van der Waals surface area (Å²) in [6, 6.07) is 13.3. The van der Waals surface area contributed by atoms with Gasteiger partial charge < -0.3 is 19.4 Å². The summed E-state index contributed by atoms with van der Waals surface area (Å²) in [4.78, 5) is 20.6. The zero-order valence-electron chi connectivity index (χ0n) is 22.9. The summed E-state index contributed by atoms with van der Waals surface area (Å²) >= 11 is 0. The number of likely N-dealkylation sites (tertiary alicyclic amines) is 1. The molecule has 6 heteroatoms. The molecule has 0 bridgehead atoms. The van der Waals surface area contributed by atoms with Crippen molar-refractivity contribution in [3.05, 3.63) is 47.5 Å². The maximum Gasteiger partial charge on any atom is 0.236 e. The molecular weight excluding hydrogens is 450 g/mol. The molecule has 1 fully saturated rings. The molecule has 0 atom stereocenters. The van der Waals surface area contributed by atoms with Gasteiger partial charge >= 0.3 is 0 Å². The largest absolute Gasteiger partial charge is 0.493 e. The van der Waals surface area contributed by atoms with Gasteiger partial charge in [-0.2, -0.15) is 0 Å². The first-order valence-electron chi connectivity index (χ1n) is 13.1. The number of piperidine rings is 1. The molecule has 194 valence electrons. The maximum absolute atomic E-state index is 12.7. The van der Waals surface area contributed by atoms with Crippen molar-refractivity contribution in [3.8, 4) is 22.8 Å². The molecule has 2 heterocycles. The van der Waals surface area contributed by atoms with Gasteiger partial charge in [0, 0.05) is 35.6 Å². The minimum atomic E-state index is 0.243. The van der Waals surface area contributed by atoms with E-state index in [2.05, 4.69) is 61.8 Å². The molecule has 0 spiro atoms. The lowest BCUT2D eigenvalue weighted by molar-refractivity contribution is -0.133. The molecular formula is C30H41N3O3. The molecule has 1 aliphatic heterocycles. The molecule has 4 rings (SSSR count). The number of rotatable bonds is 8. The Kier molecular flexibility index (Phi) is 7.94. The average Bonchev–Trinajstić information content (AvgIpc) is 3.27. The van der Waals surface area contributed by atoms with E-state index in [1.165, 1.54) is 16.5 Å². The highest BCUT2D eigenvalue weighted by Gasteiger charge is 2.26. The van der Waals surface area contributed by atoms with Crippen LogP contribution in [0.3, 0.4) is 0 Å². The number of nitrogens with one attached hydrogen (secondary N) is 1. The fourth-order valence-corrected chi connectivity index (χ4v) is 5.26. The molecule has 1 aliphatic rings. The first-order chi connectivity index (χ1) is 17.2. The van der Waals surface area contributed by atoms with Crippen LogP contribution in [-0.2, 0) is 4.79 Å². The molecule has 6 nitrogen and oxygen atoms in total. The van der Waals surface area contributed by atoms with E-state index >= 15 is 0 Å². The summed E-state index contributed by atoms with van der Waals surface area (Å²) in [5, 5.41) is 1.28. The van der Waals surface area contributed by atoms with E-state index < -0.39 is 0 Å². The highest BCUT2D eigenvalue weighted by Crippen LogP contribution is 2.40. The van der Waals surface area contributed by atoms with E-state index in [4.69, 9.17) is 9.47 Å². The number of ether oxygens (including phenoxy) is 2. The average molecular weight is 492 g/mol. The highest BCUT2D eigenvalue weighted by atomic mass is 16.5. The Morgan fingerprint density at radius 2 is 1.72 bits per heavy atom. The molecule has 1 amide bonds. The number of nitrogens with zero attached hydrogens (tertiary/aromatic N) is 2. The predicted molar refractivity (Wildman–Crippen MR) is 147 cm³/mol. The number of fused-ring (bicyclic) bond motifs is 1. The molecule has 0 aliphatic carbocycles. The summed E-state index contributed by atoms with van der Waals surface area (Å²) in [7, 11) is 5.35. The van der Waals surface area contributed by atoms with Crippen molar-refractivity contribution in [2.24, 2.45) is 0 Å². The van der Waals surface area contributed by atoms with Crippen molar-refractivity contribution >= 4 is 16.8 Å². The van der Waals surface area contributed by atoms with Crippen LogP contribution in [0.15, 0.2) is 36.4 Å². The Hall–Kier alpha value is -2.99. The molecule has 0 saturated carbocycles. The first kappa shape index (κ1) is 26.1. The van der Waals surface area contributed by atoms with Gasteiger partial charge in [0.2, 0.25) is 5.91 Å². The van der Waals surface area contributed by atoms with Crippen LogP contribution in [0.1, 0.15) is 63.5 Å². The van der Waals surface area contributed by atoms with Crippen molar-refractivity contribution in [2.45, 2.75) is 58.4 Å². The molecule has 36 heavy (non-hydrogen) atoms. The van der Waals surface area contributed by atoms with Crippen LogP contribution in [0.5, 0.6) is 11.5 Å². The van der Waals surface area contributed by atoms with Crippen molar-refractivity contribution < 1.29 is 14.3 Å². The second kappa shape index (κ2) is 11.0. The van der Waals surface area contributed by atoms with E-state index in [-0.39, 0.29) is 5.91 Å². The first-order valence-corrected chi connectivity index (χ1v) is 13.1. The number of carbonyl (C=O) groups excluding carboxylic acids is 1. The summed E-state index contributed by atoms with van der Waals surface area (Å²) in [5.74, 6) is 2.53. The second-order valence-electron chi connectivity index (χ2n) is 10.6. The van der Waals surface area contributed by atoms with Gasteiger partial charge in [-0.25, -0.2) is 0 Å². The fraction of sp³-hybridized carbons (Fsp3) is 0.500. The summed E-state index contributed by atoms with van der Waals surface area (Å²) < 4.78 is 11.0. The topological polar surface area (TPSA) is 57.8 Å².